The van der Waals surface area contributed by atoms with Crippen LogP contribution in [0.2, 0.25) is 0 Å². The summed E-state index contributed by atoms with van der Waals surface area (Å²) in [6.07, 6.45) is -9.77. The fourth-order valence-electron chi connectivity index (χ4n) is 10.3. The highest BCUT2D eigenvalue weighted by Crippen LogP contribution is 2.50. The zero-order valence-electron chi connectivity index (χ0n) is 33.1. The maximum atomic E-state index is 17.0. The molecule has 0 saturated heterocycles. The highest BCUT2D eigenvalue weighted by Gasteiger charge is 2.41. The van der Waals surface area contributed by atoms with Crippen LogP contribution in [0.3, 0.4) is 0 Å². The van der Waals surface area contributed by atoms with Gasteiger partial charge in [-0.3, -0.25) is 0 Å². The maximum absolute atomic E-state index is 17.0. The molecule has 4 nitrogen and oxygen atoms in total. The van der Waals surface area contributed by atoms with E-state index in [0.717, 1.165) is 61.0 Å². The highest BCUT2D eigenvalue weighted by atomic mass is 19.4. The van der Waals surface area contributed by atoms with E-state index in [9.17, 15) is 13.2 Å². The third-order valence-corrected chi connectivity index (χ3v) is 12.8. The van der Waals surface area contributed by atoms with Gasteiger partial charge in [0.1, 0.15) is 5.56 Å². The van der Waals surface area contributed by atoms with Gasteiger partial charge in [-0.1, -0.05) is 115 Å². The lowest BCUT2D eigenvalue weighted by Crippen LogP contribution is -2.17. The largest absolute Gasteiger partial charge is 0.420 e. The second-order valence-electron chi connectivity index (χ2n) is 16.0. The van der Waals surface area contributed by atoms with E-state index in [4.69, 9.17) is 0 Å². The normalized spacial score (nSPS) is 12.8. The Hall–Kier alpha value is -7.46. The van der Waals surface area contributed by atoms with Crippen LogP contribution in [0.4, 0.5) is 26.3 Å². The molecule has 302 valence electrons. The maximum Gasteiger partial charge on any atom is 0.420 e. The minimum absolute atomic E-state index is 0.000296. The van der Waals surface area contributed by atoms with Crippen LogP contribution in [0.5, 0.6) is 0 Å². The third kappa shape index (κ3) is 4.86. The van der Waals surface area contributed by atoms with Crippen LogP contribution in [-0.4, -0.2) is 18.3 Å². The molecule has 0 unspecified atom stereocenters. The molecule has 4 aromatic heterocycles. The summed E-state index contributed by atoms with van der Waals surface area (Å²) in [5.41, 5.74) is 3.04. The van der Waals surface area contributed by atoms with Crippen LogP contribution in [0.25, 0.3) is 110 Å². The Morgan fingerprint density at radius 3 is 1.31 bits per heavy atom. The standard InChI is InChI=1S/C52H32F6N4/c1-59-40-18-7-3-14-32(40)36-22-24-38-34-16-5-9-20-42(34)61(49(38)47(36)59)44-27-26-31(29-12-11-13-30(28-29)51(53,54)55)46(45(44)52(56,57)58)62-43-21-10-6-17-35(43)39-25-23-37-33-15-4-8-19-41(33)60(2)48(37)50(39)62/h3-28H,1-2H3. The van der Waals surface area contributed by atoms with Crippen molar-refractivity contribution in [3.05, 3.63) is 169 Å². The average Bonchev–Trinajstić information content (AvgIpc) is 3.97. The van der Waals surface area contributed by atoms with Crippen molar-refractivity contribution in [2.75, 3.05) is 0 Å². The first kappa shape index (κ1) is 36.4. The van der Waals surface area contributed by atoms with Crippen molar-refractivity contribution < 1.29 is 26.3 Å². The van der Waals surface area contributed by atoms with Crippen molar-refractivity contribution >= 4 is 87.2 Å². The average molecular weight is 827 g/mol. The van der Waals surface area contributed by atoms with Crippen LogP contribution >= 0.6 is 0 Å². The number of hydrogen-bond acceptors (Lipinski definition) is 0. The summed E-state index contributed by atoms with van der Waals surface area (Å²) in [7, 11) is 3.82. The quantitative estimate of drug-likeness (QED) is 0.158. The number of aryl methyl sites for hydroxylation is 2. The Bertz CT molecular complexity index is 3870. The van der Waals surface area contributed by atoms with Gasteiger partial charge in [0.15, 0.2) is 0 Å². The number of para-hydroxylation sites is 4. The van der Waals surface area contributed by atoms with Crippen molar-refractivity contribution in [1.82, 2.24) is 18.3 Å². The Labute approximate surface area is 348 Å². The highest BCUT2D eigenvalue weighted by molar-refractivity contribution is 6.25. The minimum Gasteiger partial charge on any atom is -0.342 e. The van der Waals surface area contributed by atoms with E-state index in [1.807, 2.05) is 132 Å². The molecule has 0 bridgehead atoms. The van der Waals surface area contributed by atoms with Gasteiger partial charge in [0, 0.05) is 73.8 Å². The van der Waals surface area contributed by atoms with E-state index < -0.39 is 23.5 Å². The summed E-state index contributed by atoms with van der Waals surface area (Å²) in [5, 5.41) is 6.56. The van der Waals surface area contributed by atoms with Gasteiger partial charge in [0.25, 0.3) is 0 Å². The molecule has 0 radical (unpaired) electrons. The number of benzene rings is 8. The van der Waals surface area contributed by atoms with Crippen molar-refractivity contribution in [2.24, 2.45) is 14.1 Å². The Morgan fingerprint density at radius 1 is 0.371 bits per heavy atom. The molecule has 0 aliphatic carbocycles. The predicted octanol–water partition coefficient (Wildman–Crippen LogP) is 14.9. The number of alkyl halides is 6. The first-order chi connectivity index (χ1) is 29.9. The molecule has 0 N–H and O–H groups in total. The van der Waals surface area contributed by atoms with Crippen molar-refractivity contribution in [3.63, 3.8) is 0 Å². The van der Waals surface area contributed by atoms with Crippen LogP contribution in [0, 0.1) is 0 Å². The van der Waals surface area contributed by atoms with Gasteiger partial charge < -0.3 is 18.3 Å². The number of hydrogen-bond donors (Lipinski definition) is 0. The van der Waals surface area contributed by atoms with Crippen LogP contribution < -0.4 is 0 Å². The van der Waals surface area contributed by atoms with Gasteiger partial charge in [-0.2, -0.15) is 26.3 Å². The lowest BCUT2D eigenvalue weighted by molar-refractivity contribution is -0.138. The number of rotatable bonds is 3. The summed E-state index contributed by atoms with van der Waals surface area (Å²) >= 11 is 0. The summed E-state index contributed by atoms with van der Waals surface area (Å²) in [5.74, 6) is 0. The molecule has 0 fully saturated rings. The lowest BCUT2D eigenvalue weighted by Gasteiger charge is -2.25. The second kappa shape index (κ2) is 12.5. The molecule has 0 aliphatic heterocycles. The Kier molecular flexibility index (Phi) is 7.36. The number of aromatic nitrogens is 4. The fourth-order valence-corrected chi connectivity index (χ4v) is 10.3. The van der Waals surface area contributed by atoms with Gasteiger partial charge in [-0.15, -0.1) is 0 Å². The van der Waals surface area contributed by atoms with Gasteiger partial charge >= 0.3 is 12.4 Å². The van der Waals surface area contributed by atoms with Crippen LogP contribution in [0.1, 0.15) is 11.1 Å². The molecule has 12 aromatic rings. The summed E-state index contributed by atoms with van der Waals surface area (Å²) in [4.78, 5) is 0. The van der Waals surface area contributed by atoms with Gasteiger partial charge in [0.05, 0.1) is 50.0 Å². The first-order valence-corrected chi connectivity index (χ1v) is 20.1. The van der Waals surface area contributed by atoms with Crippen molar-refractivity contribution in [2.45, 2.75) is 12.4 Å². The molecule has 12 rings (SSSR count). The molecule has 62 heavy (non-hydrogen) atoms. The van der Waals surface area contributed by atoms with E-state index in [1.54, 1.807) is 27.3 Å². The number of nitrogens with zero attached hydrogens (tertiary/aromatic N) is 4. The zero-order valence-corrected chi connectivity index (χ0v) is 33.1. The van der Waals surface area contributed by atoms with Gasteiger partial charge in [-0.05, 0) is 48.0 Å². The van der Waals surface area contributed by atoms with E-state index >= 15 is 13.2 Å². The van der Waals surface area contributed by atoms with E-state index in [-0.39, 0.29) is 22.5 Å². The van der Waals surface area contributed by atoms with E-state index in [2.05, 4.69) is 0 Å². The van der Waals surface area contributed by atoms with Crippen molar-refractivity contribution in [1.29, 1.82) is 0 Å². The Morgan fingerprint density at radius 2 is 0.806 bits per heavy atom. The molecular formula is C52H32F6N4. The van der Waals surface area contributed by atoms with Gasteiger partial charge in [-0.25, -0.2) is 0 Å². The molecular weight excluding hydrogens is 795 g/mol. The molecule has 4 heterocycles. The number of fused-ring (bicyclic) bond motifs is 14. The minimum atomic E-state index is -5.03. The molecule has 0 amide bonds. The van der Waals surface area contributed by atoms with Crippen LogP contribution in [-0.2, 0) is 26.4 Å². The van der Waals surface area contributed by atoms with E-state index in [0.29, 0.717) is 38.4 Å². The lowest BCUT2D eigenvalue weighted by atomic mass is 9.95. The second-order valence-corrected chi connectivity index (χ2v) is 16.0. The fraction of sp³-hybridized carbons (Fsp3) is 0.0769. The molecule has 8 aromatic carbocycles. The predicted molar refractivity (Wildman–Crippen MR) is 239 cm³/mol. The van der Waals surface area contributed by atoms with E-state index in [1.165, 1.54) is 18.2 Å². The monoisotopic (exact) mass is 826 g/mol. The zero-order chi connectivity index (χ0) is 42.4. The van der Waals surface area contributed by atoms with Crippen molar-refractivity contribution in [3.8, 4) is 22.5 Å². The molecule has 0 atom stereocenters. The topological polar surface area (TPSA) is 19.7 Å². The molecule has 0 aliphatic rings. The molecule has 0 saturated carbocycles. The molecule has 0 spiro atoms. The third-order valence-electron chi connectivity index (χ3n) is 12.8. The SMILES string of the molecule is Cn1c2ccccc2c2ccc3c4ccccc4n(-c4ccc(-c5cccc(C(F)(F)F)c5)c(-n5c6ccccc6c6ccc7c8ccccc8n(C)c7c65)c4C(F)(F)F)c3c21. The number of halogens is 6. The summed E-state index contributed by atoms with van der Waals surface area (Å²) in [6.45, 7) is 0. The summed E-state index contributed by atoms with van der Waals surface area (Å²) in [6, 6.07) is 45.9. The molecule has 10 heteroatoms. The Balaban J connectivity index is 1.34. The van der Waals surface area contributed by atoms with Gasteiger partial charge in [0.2, 0.25) is 0 Å². The smallest absolute Gasteiger partial charge is 0.342 e. The first-order valence-electron chi connectivity index (χ1n) is 20.1. The van der Waals surface area contributed by atoms with Crippen LogP contribution in [0.15, 0.2) is 158 Å². The summed E-state index contributed by atoms with van der Waals surface area (Å²) < 4.78 is 102.